The topological polar surface area (TPSA) is 51.6 Å². The minimum Gasteiger partial charge on any atom is -0.310 e. The zero-order valence-corrected chi connectivity index (χ0v) is 37.1. The Balaban J connectivity index is 1.12. The summed E-state index contributed by atoms with van der Waals surface area (Å²) in [6.07, 6.45) is 7.36. The van der Waals surface area contributed by atoms with Crippen molar-refractivity contribution in [2.45, 2.75) is 19.3 Å². The second-order valence-corrected chi connectivity index (χ2v) is 17.4. The molecule has 0 aliphatic carbocycles. The normalized spacial score (nSPS) is 13.3. The lowest BCUT2D eigenvalue weighted by Crippen LogP contribution is -2.31. The van der Waals surface area contributed by atoms with Gasteiger partial charge in [0.25, 0.3) is 0 Å². The number of anilines is 12. The Kier molecular flexibility index (Phi) is 9.68. The summed E-state index contributed by atoms with van der Waals surface area (Å²) >= 11 is 0. The van der Waals surface area contributed by atoms with Crippen LogP contribution in [0, 0.1) is 0 Å². The highest BCUT2D eigenvalue weighted by Gasteiger charge is 2.38. The molecule has 2 aliphatic heterocycles. The highest BCUT2D eigenvalue weighted by molar-refractivity contribution is 6.02. The van der Waals surface area contributed by atoms with Crippen molar-refractivity contribution < 1.29 is 0 Å². The molecule has 7 aromatic carbocycles. The first-order valence-electron chi connectivity index (χ1n) is 22.7. The zero-order chi connectivity index (χ0) is 44.9. The van der Waals surface area contributed by atoms with E-state index >= 15 is 0 Å². The molecule has 7 nitrogen and oxygen atoms in total. The van der Waals surface area contributed by atoms with E-state index in [1.165, 1.54) is 11.1 Å². The lowest BCUT2D eigenvalue weighted by molar-refractivity contribution is 0.631. The maximum absolute atomic E-state index is 5.79. The molecule has 0 N–H and O–H groups in total. The fraction of sp³-hybridized carbons (Fsp3) is 0.0500. The van der Waals surface area contributed by atoms with Gasteiger partial charge in [0.05, 0.1) is 39.8 Å². The molecule has 10 aromatic rings. The van der Waals surface area contributed by atoms with E-state index in [9.17, 15) is 0 Å². The van der Waals surface area contributed by atoms with Crippen LogP contribution in [0.15, 0.2) is 237 Å². The molecule has 5 heterocycles. The average molecular weight is 864 g/mol. The second kappa shape index (κ2) is 16.3. The number of hydrogen-bond donors (Lipinski definition) is 0. The predicted octanol–water partition coefficient (Wildman–Crippen LogP) is 16.0. The van der Waals surface area contributed by atoms with Gasteiger partial charge in [-0.1, -0.05) is 117 Å². The highest BCUT2D eigenvalue weighted by atomic mass is 15.3. The summed E-state index contributed by atoms with van der Waals surface area (Å²) in [6, 6.07) is 75.8. The monoisotopic (exact) mass is 863 g/mol. The molecular weight excluding hydrogens is 819 g/mol. The third kappa shape index (κ3) is 6.87. The smallest absolute Gasteiger partial charge is 0.142 e. The SMILES string of the molecule is CC1(C)c2ccccc2N(c2cc(N(c3ccc(-c4ccncc4)cc3)c3ccc(-c4ccncc4)cc3)cc(N3c4ccccc4N(c4ccccc4)c4ccccc43)n2)c2ccccc21. The van der Waals surface area contributed by atoms with Crippen molar-refractivity contribution in [1.29, 1.82) is 0 Å². The maximum atomic E-state index is 5.79. The summed E-state index contributed by atoms with van der Waals surface area (Å²) in [7, 11) is 0. The Labute approximate surface area is 391 Å². The van der Waals surface area contributed by atoms with Crippen molar-refractivity contribution in [1.82, 2.24) is 15.0 Å². The molecule has 0 radical (unpaired) electrons. The molecule has 0 unspecified atom stereocenters. The second-order valence-electron chi connectivity index (χ2n) is 17.4. The van der Waals surface area contributed by atoms with Gasteiger partial charge in [-0.25, -0.2) is 4.98 Å². The van der Waals surface area contributed by atoms with Crippen LogP contribution in [0.2, 0.25) is 0 Å². The van der Waals surface area contributed by atoms with E-state index in [-0.39, 0.29) is 5.41 Å². The van der Waals surface area contributed by atoms with Gasteiger partial charge >= 0.3 is 0 Å². The van der Waals surface area contributed by atoms with Crippen molar-refractivity contribution in [3.63, 3.8) is 0 Å². The number of nitrogens with zero attached hydrogens (tertiary/aromatic N) is 7. The van der Waals surface area contributed by atoms with Gasteiger partial charge in [0.2, 0.25) is 0 Å². The Morgan fingerprint density at radius 1 is 0.343 bits per heavy atom. The number of rotatable bonds is 8. The van der Waals surface area contributed by atoms with Gasteiger partial charge in [-0.15, -0.1) is 0 Å². The van der Waals surface area contributed by atoms with Gasteiger partial charge in [0.15, 0.2) is 0 Å². The molecule has 0 atom stereocenters. The minimum absolute atomic E-state index is 0.241. The third-order valence-electron chi connectivity index (χ3n) is 13.2. The van der Waals surface area contributed by atoms with E-state index in [1.54, 1.807) is 0 Å². The Hall–Kier alpha value is -8.81. The van der Waals surface area contributed by atoms with Gasteiger partial charge in [0, 0.05) is 59.4 Å². The fourth-order valence-electron chi connectivity index (χ4n) is 9.95. The number of hydrogen-bond acceptors (Lipinski definition) is 7. The van der Waals surface area contributed by atoms with Gasteiger partial charge in [-0.05, 0) is 130 Å². The van der Waals surface area contributed by atoms with E-state index in [0.29, 0.717) is 0 Å². The molecule has 12 rings (SSSR count). The van der Waals surface area contributed by atoms with Crippen molar-refractivity contribution in [3.8, 4) is 22.3 Å². The number of para-hydroxylation sites is 7. The lowest BCUT2D eigenvalue weighted by Gasteiger charge is -2.42. The first-order chi connectivity index (χ1) is 33.0. The van der Waals surface area contributed by atoms with Crippen molar-refractivity contribution >= 4 is 68.5 Å². The van der Waals surface area contributed by atoms with Gasteiger partial charge in [-0.2, -0.15) is 0 Å². The van der Waals surface area contributed by atoms with E-state index < -0.39 is 0 Å². The van der Waals surface area contributed by atoms with E-state index in [1.807, 2.05) is 24.8 Å². The molecule has 0 amide bonds. The number of fused-ring (bicyclic) bond motifs is 4. The highest BCUT2D eigenvalue weighted by Crippen LogP contribution is 2.56. The Morgan fingerprint density at radius 3 is 1.15 bits per heavy atom. The molecule has 0 saturated carbocycles. The molecule has 0 fully saturated rings. The molecule has 3 aromatic heterocycles. The van der Waals surface area contributed by atoms with Crippen LogP contribution in [0.25, 0.3) is 22.3 Å². The van der Waals surface area contributed by atoms with E-state index in [4.69, 9.17) is 4.98 Å². The maximum Gasteiger partial charge on any atom is 0.142 e. The number of pyridine rings is 3. The number of benzene rings is 7. The average Bonchev–Trinajstić information content (AvgIpc) is 3.39. The van der Waals surface area contributed by atoms with Gasteiger partial charge in [-0.3, -0.25) is 19.8 Å². The van der Waals surface area contributed by atoms with Crippen molar-refractivity contribution in [2.24, 2.45) is 0 Å². The molecule has 320 valence electrons. The predicted molar refractivity (Wildman–Crippen MR) is 275 cm³/mol. The third-order valence-corrected chi connectivity index (χ3v) is 13.2. The Morgan fingerprint density at radius 2 is 0.701 bits per heavy atom. The summed E-state index contributed by atoms with van der Waals surface area (Å²) in [5.74, 6) is 1.59. The van der Waals surface area contributed by atoms with Crippen molar-refractivity contribution in [2.75, 3.05) is 19.6 Å². The first kappa shape index (κ1) is 39.8. The summed E-state index contributed by atoms with van der Waals surface area (Å²) in [5, 5.41) is 0. The summed E-state index contributed by atoms with van der Waals surface area (Å²) in [5.41, 5.74) is 17.1. The Bertz CT molecular complexity index is 3210. The van der Waals surface area contributed by atoms with Crippen LogP contribution in [0.3, 0.4) is 0 Å². The van der Waals surface area contributed by atoms with Crippen LogP contribution in [-0.4, -0.2) is 15.0 Å². The fourth-order valence-corrected chi connectivity index (χ4v) is 9.95. The number of aromatic nitrogens is 3. The van der Waals surface area contributed by atoms with Gasteiger partial charge in [0.1, 0.15) is 11.6 Å². The van der Waals surface area contributed by atoms with E-state index in [2.05, 4.69) is 256 Å². The van der Waals surface area contributed by atoms with Crippen LogP contribution < -0.4 is 19.6 Å². The lowest BCUT2D eigenvalue weighted by atomic mass is 9.73. The van der Waals surface area contributed by atoms with Crippen molar-refractivity contribution in [3.05, 3.63) is 248 Å². The molecule has 0 bridgehead atoms. The van der Waals surface area contributed by atoms with Crippen LogP contribution in [-0.2, 0) is 5.41 Å². The largest absolute Gasteiger partial charge is 0.310 e. The molecule has 2 aliphatic rings. The summed E-state index contributed by atoms with van der Waals surface area (Å²) in [4.78, 5) is 23.7. The minimum atomic E-state index is -0.241. The molecule has 0 spiro atoms. The zero-order valence-electron chi connectivity index (χ0n) is 37.1. The van der Waals surface area contributed by atoms with Crippen LogP contribution >= 0.6 is 0 Å². The van der Waals surface area contributed by atoms with Crippen LogP contribution in [0.1, 0.15) is 25.0 Å². The molecule has 7 heteroatoms. The van der Waals surface area contributed by atoms with Crippen LogP contribution in [0.4, 0.5) is 68.5 Å². The molecule has 67 heavy (non-hydrogen) atoms. The van der Waals surface area contributed by atoms with Gasteiger partial charge < -0.3 is 9.80 Å². The summed E-state index contributed by atoms with van der Waals surface area (Å²) in [6.45, 7) is 4.65. The molecular formula is C60H45N7. The quantitative estimate of drug-likeness (QED) is 0.151. The van der Waals surface area contributed by atoms with Crippen LogP contribution in [0.5, 0.6) is 0 Å². The molecule has 0 saturated heterocycles. The van der Waals surface area contributed by atoms with E-state index in [0.717, 1.165) is 90.8 Å². The standard InChI is InChI=1S/C60H45N7/c1-60(2)50-16-6-8-18-52(50)66(53-19-9-7-17-51(53)60)58-40-49(41-59(63-58)67-56-22-12-10-20-54(56)65(46-14-4-3-5-15-46)55-21-11-13-23-57(55)67)64(47-28-24-42(25-29-47)44-32-36-61-37-33-44)48-30-26-43(27-31-48)45-34-38-62-39-35-45/h3-41H,1-2H3. The summed E-state index contributed by atoms with van der Waals surface area (Å²) < 4.78 is 0. The first-order valence-corrected chi connectivity index (χ1v) is 22.7.